The van der Waals surface area contributed by atoms with Crippen LogP contribution in [0.1, 0.15) is 33.8 Å². The fraction of sp³-hybridized carbons (Fsp3) is 0.129. The third kappa shape index (κ3) is 3.81. The van der Waals surface area contributed by atoms with Crippen LogP contribution in [-0.4, -0.2) is 10.9 Å². The molecular weight excluding hydrogens is 437 g/mol. The highest BCUT2D eigenvalue weighted by Gasteiger charge is 2.31. The number of fused-ring (bicyclic) bond motifs is 5. The van der Waals surface area contributed by atoms with Gasteiger partial charge in [-0.2, -0.15) is 0 Å². The van der Waals surface area contributed by atoms with Crippen LogP contribution in [-0.2, 0) is 6.42 Å². The summed E-state index contributed by atoms with van der Waals surface area (Å²) in [6.07, 6.45) is 15.6. The molecule has 2 atom stereocenters. The van der Waals surface area contributed by atoms with Crippen LogP contribution < -0.4 is 15.8 Å². The topological polar surface area (TPSA) is 49.3 Å². The van der Waals surface area contributed by atoms with E-state index in [1.165, 1.54) is 23.3 Å². The lowest BCUT2D eigenvalue weighted by Gasteiger charge is -2.30. The van der Waals surface area contributed by atoms with Gasteiger partial charge in [-0.1, -0.05) is 42.5 Å². The van der Waals surface area contributed by atoms with E-state index in [0.717, 1.165) is 33.7 Å². The number of Topliss-reactive ketones (excluding diaryl/α,β-unsaturated/α-hetero) is 1. The molecule has 172 valence electrons. The van der Waals surface area contributed by atoms with Gasteiger partial charge in [0.15, 0.2) is 5.78 Å². The van der Waals surface area contributed by atoms with E-state index in [4.69, 9.17) is 0 Å². The van der Waals surface area contributed by atoms with E-state index in [0.29, 0.717) is 12.0 Å². The quantitative estimate of drug-likeness (QED) is 0.548. The van der Waals surface area contributed by atoms with Gasteiger partial charge in [0, 0.05) is 29.3 Å². The number of carbonyl (C=O) groups excluding carboxylic acids is 1. The molecule has 3 aliphatic rings. The van der Waals surface area contributed by atoms with Crippen molar-refractivity contribution in [1.29, 1.82) is 0 Å². The van der Waals surface area contributed by atoms with Crippen molar-refractivity contribution >= 4 is 17.9 Å². The fourth-order valence-corrected chi connectivity index (χ4v) is 5.45. The third-order valence-electron chi connectivity index (χ3n) is 7.15. The summed E-state index contributed by atoms with van der Waals surface area (Å²) in [4.78, 5) is 13.6. The van der Waals surface area contributed by atoms with Crippen molar-refractivity contribution in [2.75, 3.05) is 0 Å². The first-order valence-electron chi connectivity index (χ1n) is 11.9. The van der Waals surface area contributed by atoms with Crippen LogP contribution in [0.4, 0.5) is 4.39 Å². The van der Waals surface area contributed by atoms with Crippen LogP contribution in [0.5, 0.6) is 5.75 Å². The minimum Gasteiger partial charge on any atom is -0.508 e. The maximum absolute atomic E-state index is 13.6. The summed E-state index contributed by atoms with van der Waals surface area (Å²) < 4.78 is 13.5. The zero-order valence-electron chi connectivity index (χ0n) is 19.0. The average molecular weight is 462 g/mol. The summed E-state index contributed by atoms with van der Waals surface area (Å²) in [5.74, 6) is -0.461. The Kier molecular flexibility index (Phi) is 5.22. The Morgan fingerprint density at radius 1 is 0.943 bits per heavy atom. The number of carbonyl (C=O) groups is 1. The van der Waals surface area contributed by atoms with Crippen molar-refractivity contribution in [2.24, 2.45) is 5.92 Å². The molecule has 3 aromatic carbocycles. The van der Waals surface area contributed by atoms with E-state index in [9.17, 15) is 14.3 Å². The second-order valence-corrected chi connectivity index (χ2v) is 9.22. The van der Waals surface area contributed by atoms with Gasteiger partial charge in [-0.25, -0.2) is 4.39 Å². The van der Waals surface area contributed by atoms with Gasteiger partial charge in [0.05, 0.1) is 0 Å². The number of benzene rings is 3. The van der Waals surface area contributed by atoms with Gasteiger partial charge >= 0.3 is 0 Å². The van der Waals surface area contributed by atoms with Crippen LogP contribution >= 0.6 is 0 Å². The molecular formula is C31H24FNO2. The maximum Gasteiger partial charge on any atom is 0.169 e. The van der Waals surface area contributed by atoms with Crippen LogP contribution in [0.2, 0.25) is 0 Å². The maximum atomic E-state index is 13.6. The zero-order valence-corrected chi connectivity index (χ0v) is 19.0. The van der Waals surface area contributed by atoms with Crippen molar-refractivity contribution < 1.29 is 14.3 Å². The van der Waals surface area contributed by atoms with E-state index in [1.807, 2.05) is 36.6 Å². The summed E-state index contributed by atoms with van der Waals surface area (Å²) in [5.41, 5.74) is 5.99. The van der Waals surface area contributed by atoms with Gasteiger partial charge in [0.2, 0.25) is 0 Å². The number of rotatable bonds is 3. The van der Waals surface area contributed by atoms with E-state index < -0.39 is 0 Å². The van der Waals surface area contributed by atoms with Gasteiger partial charge in [-0.3, -0.25) is 4.79 Å². The van der Waals surface area contributed by atoms with Crippen molar-refractivity contribution in [3.63, 3.8) is 0 Å². The van der Waals surface area contributed by atoms with Crippen LogP contribution in [0.25, 0.3) is 23.3 Å². The summed E-state index contributed by atoms with van der Waals surface area (Å²) in [7, 11) is 0. The molecule has 0 radical (unpaired) electrons. The highest BCUT2D eigenvalue weighted by Crippen LogP contribution is 2.35. The molecule has 0 fully saturated rings. The first-order chi connectivity index (χ1) is 17.1. The lowest BCUT2D eigenvalue weighted by molar-refractivity contribution is 0.0943. The fourth-order valence-electron chi connectivity index (χ4n) is 5.45. The van der Waals surface area contributed by atoms with Gasteiger partial charge in [0.1, 0.15) is 11.6 Å². The third-order valence-corrected chi connectivity index (χ3v) is 7.15. The number of phenols is 1. The summed E-state index contributed by atoms with van der Waals surface area (Å²) in [5, 5.41) is 15.7. The molecule has 0 saturated heterocycles. The van der Waals surface area contributed by atoms with Gasteiger partial charge in [0.25, 0.3) is 0 Å². The minimum atomic E-state index is -0.352. The van der Waals surface area contributed by atoms with Gasteiger partial charge in [-0.05, 0) is 94.1 Å². The molecule has 2 N–H and O–H groups in total. The van der Waals surface area contributed by atoms with E-state index in [2.05, 4.69) is 35.7 Å². The lowest BCUT2D eigenvalue weighted by Crippen LogP contribution is -2.39. The van der Waals surface area contributed by atoms with Gasteiger partial charge < -0.3 is 10.4 Å². The Labute approximate surface area is 202 Å². The van der Waals surface area contributed by atoms with E-state index in [1.54, 1.807) is 18.2 Å². The summed E-state index contributed by atoms with van der Waals surface area (Å²) in [6.45, 7) is 0. The number of aromatic hydroxyl groups is 1. The Morgan fingerprint density at radius 3 is 2.66 bits per heavy atom. The molecule has 3 aromatic rings. The highest BCUT2D eigenvalue weighted by molar-refractivity contribution is 6.01. The number of hydrogen-bond donors (Lipinski definition) is 2. The first kappa shape index (κ1) is 21.4. The molecule has 0 bridgehead atoms. The first-order valence-corrected chi connectivity index (χ1v) is 11.9. The van der Waals surface area contributed by atoms with E-state index in [-0.39, 0.29) is 29.2 Å². The molecule has 35 heavy (non-hydrogen) atoms. The predicted octanol–water partition coefficient (Wildman–Crippen LogP) is 4.86. The van der Waals surface area contributed by atoms with Crippen LogP contribution in [0.15, 0.2) is 90.8 Å². The minimum absolute atomic E-state index is 0.000992. The van der Waals surface area contributed by atoms with Crippen LogP contribution in [0.3, 0.4) is 0 Å². The number of phenolic OH excluding ortho intramolecular Hbond substituents is 1. The molecule has 1 aliphatic heterocycles. The lowest BCUT2D eigenvalue weighted by atomic mass is 9.75. The summed E-state index contributed by atoms with van der Waals surface area (Å²) >= 11 is 0. The number of ketones is 1. The molecule has 0 saturated carbocycles. The number of nitrogens with one attached hydrogen (secondary N) is 1. The smallest absolute Gasteiger partial charge is 0.169 e. The number of allylic oxidation sites excluding steroid dienone is 5. The molecule has 2 unspecified atom stereocenters. The van der Waals surface area contributed by atoms with E-state index >= 15 is 0 Å². The molecule has 1 heterocycles. The molecule has 4 heteroatoms. The Balaban J connectivity index is 1.54. The molecule has 0 spiro atoms. The standard InChI is InChI=1S/C31H24FNO2/c32-22-9-5-20(6-10-22)31(35)21-16-28-25-12-8-19-7-11-23(34)18-27(19)24(25)13-14-26(28)29(17-21)30-4-2-1-3-15-33-30/h1-7,9-16,18,21,29,33-34H,8,17H2. The van der Waals surface area contributed by atoms with Crippen molar-refractivity contribution in [1.82, 2.24) is 5.32 Å². The van der Waals surface area contributed by atoms with Gasteiger partial charge in [-0.15, -0.1) is 0 Å². The average Bonchev–Trinajstić information content (AvgIpc) is 3.17. The number of hydrogen-bond acceptors (Lipinski definition) is 3. The largest absolute Gasteiger partial charge is 0.508 e. The second kappa shape index (κ2) is 8.55. The number of halogens is 1. The Morgan fingerprint density at radius 2 is 1.80 bits per heavy atom. The molecule has 2 aliphatic carbocycles. The highest BCUT2D eigenvalue weighted by atomic mass is 19.1. The normalized spacial score (nSPS) is 19.6. The Hall–Kier alpha value is -4.18. The molecule has 6 rings (SSSR count). The van der Waals surface area contributed by atoms with Crippen LogP contribution in [0, 0.1) is 11.7 Å². The van der Waals surface area contributed by atoms with Crippen molar-refractivity contribution in [2.45, 2.75) is 18.8 Å². The molecule has 0 amide bonds. The SMILES string of the molecule is O=C(c1ccc(F)cc1)C1C=c2c(ccc3c2=CCc2ccc(O)cc2-3)C(C2=CC=CC=CN2)C1. The predicted molar refractivity (Wildman–Crippen MR) is 137 cm³/mol. The summed E-state index contributed by atoms with van der Waals surface area (Å²) in [6, 6.07) is 15.6. The zero-order chi connectivity index (χ0) is 23.9. The monoisotopic (exact) mass is 461 g/mol. The second-order valence-electron chi connectivity index (χ2n) is 9.22. The molecule has 3 nitrogen and oxygen atoms in total. The van der Waals surface area contributed by atoms with Crippen molar-refractivity contribution in [3.8, 4) is 16.9 Å². The Bertz CT molecular complexity index is 1560. The van der Waals surface area contributed by atoms with Crippen molar-refractivity contribution in [3.05, 3.63) is 124 Å². The molecule has 0 aromatic heterocycles.